The Labute approximate surface area is 123 Å². The third-order valence-corrected chi connectivity index (χ3v) is 4.53. The highest BCUT2D eigenvalue weighted by Crippen LogP contribution is 2.17. The SMILES string of the molecule is NC(Cc1ccc(NS(=O)(=O)CC2CCCO2)cc1)=NO. The van der Waals surface area contributed by atoms with Crippen LogP contribution in [0.2, 0.25) is 0 Å². The molecule has 116 valence electrons. The third kappa shape index (κ3) is 4.91. The van der Waals surface area contributed by atoms with Crippen molar-refractivity contribution in [1.29, 1.82) is 0 Å². The fourth-order valence-electron chi connectivity index (χ4n) is 2.18. The van der Waals surface area contributed by atoms with Gasteiger partial charge in [0.15, 0.2) is 0 Å². The predicted octanol–water partition coefficient (Wildman–Crippen LogP) is 0.896. The summed E-state index contributed by atoms with van der Waals surface area (Å²) in [5, 5.41) is 11.4. The minimum atomic E-state index is -3.42. The van der Waals surface area contributed by atoms with Gasteiger partial charge in [-0.2, -0.15) is 0 Å². The number of anilines is 1. The van der Waals surface area contributed by atoms with Crippen LogP contribution in [0.1, 0.15) is 18.4 Å². The van der Waals surface area contributed by atoms with Gasteiger partial charge >= 0.3 is 0 Å². The van der Waals surface area contributed by atoms with Gasteiger partial charge in [-0.1, -0.05) is 17.3 Å². The van der Waals surface area contributed by atoms with E-state index < -0.39 is 10.0 Å². The van der Waals surface area contributed by atoms with E-state index in [0.717, 1.165) is 18.4 Å². The summed E-state index contributed by atoms with van der Waals surface area (Å²) in [5.41, 5.74) is 6.72. The summed E-state index contributed by atoms with van der Waals surface area (Å²) in [6.45, 7) is 0.628. The average Bonchev–Trinajstić information content (AvgIpc) is 2.92. The third-order valence-electron chi connectivity index (χ3n) is 3.17. The normalized spacial score (nSPS) is 19.6. The lowest BCUT2D eigenvalue weighted by Gasteiger charge is -2.12. The second-order valence-electron chi connectivity index (χ2n) is 4.98. The molecule has 0 aliphatic carbocycles. The monoisotopic (exact) mass is 313 g/mol. The minimum Gasteiger partial charge on any atom is -0.409 e. The molecular weight excluding hydrogens is 294 g/mol. The van der Waals surface area contributed by atoms with E-state index in [1.807, 2.05) is 0 Å². The van der Waals surface area contributed by atoms with Gasteiger partial charge in [-0.05, 0) is 30.5 Å². The molecule has 0 aromatic heterocycles. The molecule has 1 aromatic carbocycles. The Morgan fingerprint density at radius 3 is 2.71 bits per heavy atom. The molecule has 0 bridgehead atoms. The number of amidine groups is 1. The minimum absolute atomic E-state index is 0.0289. The summed E-state index contributed by atoms with van der Waals surface area (Å²) >= 11 is 0. The molecule has 1 aromatic rings. The van der Waals surface area contributed by atoms with Gasteiger partial charge in [-0.25, -0.2) is 8.42 Å². The number of oxime groups is 1. The molecule has 7 nitrogen and oxygen atoms in total. The largest absolute Gasteiger partial charge is 0.409 e. The van der Waals surface area contributed by atoms with Crippen LogP contribution in [-0.2, 0) is 21.2 Å². The van der Waals surface area contributed by atoms with E-state index in [1.165, 1.54) is 0 Å². The Hall–Kier alpha value is -1.80. The summed E-state index contributed by atoms with van der Waals surface area (Å²) < 4.78 is 31.9. The Morgan fingerprint density at radius 2 is 2.14 bits per heavy atom. The second kappa shape index (κ2) is 6.77. The van der Waals surface area contributed by atoms with Crippen LogP contribution >= 0.6 is 0 Å². The Kier molecular flexibility index (Phi) is 5.03. The molecule has 21 heavy (non-hydrogen) atoms. The van der Waals surface area contributed by atoms with Gasteiger partial charge in [0.2, 0.25) is 10.0 Å². The zero-order valence-electron chi connectivity index (χ0n) is 11.5. The number of nitrogens with one attached hydrogen (secondary N) is 1. The molecule has 0 radical (unpaired) electrons. The highest BCUT2D eigenvalue weighted by molar-refractivity contribution is 7.92. The number of rotatable bonds is 6. The molecule has 1 aliphatic rings. The predicted molar refractivity (Wildman–Crippen MR) is 79.9 cm³/mol. The number of nitrogens with zero attached hydrogens (tertiary/aromatic N) is 1. The van der Waals surface area contributed by atoms with Crippen molar-refractivity contribution in [2.24, 2.45) is 10.9 Å². The lowest BCUT2D eigenvalue weighted by molar-refractivity contribution is 0.127. The quantitative estimate of drug-likeness (QED) is 0.312. The summed E-state index contributed by atoms with van der Waals surface area (Å²) in [6, 6.07) is 6.74. The number of hydrogen-bond acceptors (Lipinski definition) is 5. The van der Waals surface area contributed by atoms with E-state index in [0.29, 0.717) is 18.7 Å². The van der Waals surface area contributed by atoms with Crippen molar-refractivity contribution >= 4 is 21.5 Å². The number of nitrogens with two attached hydrogens (primary N) is 1. The molecule has 0 amide bonds. The van der Waals surface area contributed by atoms with E-state index in [4.69, 9.17) is 15.7 Å². The van der Waals surface area contributed by atoms with Gasteiger partial charge < -0.3 is 15.7 Å². The molecule has 4 N–H and O–H groups in total. The summed E-state index contributed by atoms with van der Waals surface area (Å²) in [5.74, 6) is 0.0699. The highest BCUT2D eigenvalue weighted by Gasteiger charge is 2.23. The van der Waals surface area contributed by atoms with E-state index in [1.54, 1.807) is 24.3 Å². The van der Waals surface area contributed by atoms with Crippen molar-refractivity contribution in [1.82, 2.24) is 0 Å². The molecule has 1 saturated heterocycles. The molecule has 1 heterocycles. The standard InChI is InChI=1S/C13H19N3O4S/c14-13(15-17)8-10-3-5-11(6-4-10)16-21(18,19)9-12-2-1-7-20-12/h3-6,12,16-17H,1-2,7-9H2,(H2,14,15). The van der Waals surface area contributed by atoms with Crippen LogP contribution in [-0.4, -0.2) is 37.9 Å². The molecule has 1 atom stereocenters. The zero-order valence-corrected chi connectivity index (χ0v) is 12.3. The lowest BCUT2D eigenvalue weighted by Crippen LogP contribution is -2.25. The van der Waals surface area contributed by atoms with E-state index in [9.17, 15) is 8.42 Å². The van der Waals surface area contributed by atoms with Crippen molar-refractivity contribution in [3.05, 3.63) is 29.8 Å². The van der Waals surface area contributed by atoms with E-state index >= 15 is 0 Å². The Balaban J connectivity index is 1.95. The van der Waals surface area contributed by atoms with Crippen LogP contribution in [0, 0.1) is 0 Å². The number of ether oxygens (including phenoxy) is 1. The van der Waals surface area contributed by atoms with Crippen LogP contribution in [0.15, 0.2) is 29.4 Å². The molecular formula is C13H19N3O4S. The van der Waals surface area contributed by atoms with Gasteiger partial charge in [-0.3, -0.25) is 4.72 Å². The Bertz CT molecular complexity index is 592. The van der Waals surface area contributed by atoms with Crippen molar-refractivity contribution in [2.75, 3.05) is 17.1 Å². The first-order valence-electron chi connectivity index (χ1n) is 6.66. The maximum Gasteiger partial charge on any atom is 0.235 e. The Morgan fingerprint density at radius 1 is 1.43 bits per heavy atom. The van der Waals surface area contributed by atoms with Crippen LogP contribution in [0.4, 0.5) is 5.69 Å². The van der Waals surface area contributed by atoms with Crippen molar-refractivity contribution in [3.8, 4) is 0 Å². The highest BCUT2D eigenvalue weighted by atomic mass is 32.2. The molecule has 2 rings (SSSR count). The summed E-state index contributed by atoms with van der Waals surface area (Å²) in [6.07, 6.45) is 1.77. The zero-order chi connectivity index (χ0) is 15.3. The molecule has 0 saturated carbocycles. The number of hydrogen-bond donors (Lipinski definition) is 3. The van der Waals surface area contributed by atoms with Gasteiger partial charge in [0.25, 0.3) is 0 Å². The van der Waals surface area contributed by atoms with Crippen LogP contribution in [0.25, 0.3) is 0 Å². The lowest BCUT2D eigenvalue weighted by atomic mass is 10.1. The number of sulfonamides is 1. The molecule has 8 heteroatoms. The van der Waals surface area contributed by atoms with E-state index in [-0.39, 0.29) is 17.7 Å². The van der Waals surface area contributed by atoms with Crippen LogP contribution in [0.5, 0.6) is 0 Å². The smallest absolute Gasteiger partial charge is 0.235 e. The van der Waals surface area contributed by atoms with E-state index in [2.05, 4.69) is 9.88 Å². The molecule has 1 fully saturated rings. The first-order valence-corrected chi connectivity index (χ1v) is 8.31. The van der Waals surface area contributed by atoms with Crippen molar-refractivity contribution < 1.29 is 18.4 Å². The fourth-order valence-corrected chi connectivity index (χ4v) is 3.51. The first kappa shape index (κ1) is 15.6. The number of benzene rings is 1. The van der Waals surface area contributed by atoms with Crippen LogP contribution in [0.3, 0.4) is 0 Å². The average molecular weight is 313 g/mol. The second-order valence-corrected chi connectivity index (χ2v) is 6.75. The van der Waals surface area contributed by atoms with Gasteiger partial charge in [0.05, 0.1) is 11.9 Å². The maximum absolute atomic E-state index is 12.0. The van der Waals surface area contributed by atoms with Gasteiger partial charge in [-0.15, -0.1) is 0 Å². The molecule has 0 spiro atoms. The summed E-state index contributed by atoms with van der Waals surface area (Å²) in [7, 11) is -3.42. The first-order chi connectivity index (χ1) is 9.98. The van der Waals surface area contributed by atoms with Crippen molar-refractivity contribution in [3.63, 3.8) is 0 Å². The fraction of sp³-hybridized carbons (Fsp3) is 0.462. The maximum atomic E-state index is 12.0. The topological polar surface area (TPSA) is 114 Å². The summed E-state index contributed by atoms with van der Waals surface area (Å²) in [4.78, 5) is 0. The van der Waals surface area contributed by atoms with Gasteiger partial charge in [0, 0.05) is 18.7 Å². The van der Waals surface area contributed by atoms with Crippen LogP contribution < -0.4 is 10.5 Å². The molecule has 1 aliphatic heterocycles. The van der Waals surface area contributed by atoms with Crippen molar-refractivity contribution in [2.45, 2.75) is 25.4 Å². The van der Waals surface area contributed by atoms with Gasteiger partial charge in [0.1, 0.15) is 5.84 Å². The molecule has 1 unspecified atom stereocenters.